The Morgan fingerprint density at radius 2 is 1.67 bits per heavy atom. The van der Waals surface area contributed by atoms with Gasteiger partial charge in [-0.3, -0.25) is 14.5 Å². The molecule has 2 amide bonds. The summed E-state index contributed by atoms with van der Waals surface area (Å²) in [5.74, 6) is -0.185. The largest absolute Gasteiger partial charge is 0.380 e. The molecule has 33 heavy (non-hydrogen) atoms. The van der Waals surface area contributed by atoms with Gasteiger partial charge in [0.2, 0.25) is 5.91 Å². The molecule has 5 rings (SSSR count). The summed E-state index contributed by atoms with van der Waals surface area (Å²) in [7, 11) is 0. The van der Waals surface area contributed by atoms with Gasteiger partial charge in [0.25, 0.3) is 5.91 Å². The molecule has 4 aliphatic rings. The number of likely N-dealkylation sites (tertiary alicyclic amines) is 1. The Hall–Kier alpha value is -1.38. The Kier molecular flexibility index (Phi) is 6.62. The summed E-state index contributed by atoms with van der Waals surface area (Å²) < 4.78 is 6.00. The maximum Gasteiger partial charge on any atom is 0.254 e. The van der Waals surface area contributed by atoms with Crippen molar-refractivity contribution in [2.75, 3.05) is 39.4 Å². The molecule has 3 heterocycles. The normalized spacial score (nSPS) is 29.5. The minimum atomic E-state index is -1.25. The Balaban J connectivity index is 1.41. The Bertz CT molecular complexity index is 919. The van der Waals surface area contributed by atoms with Crippen molar-refractivity contribution in [3.63, 3.8) is 0 Å². The molecule has 1 aliphatic carbocycles. The second-order valence-corrected chi connectivity index (χ2v) is 10.6. The highest BCUT2D eigenvalue weighted by molar-refractivity contribution is 6.42. The van der Waals surface area contributed by atoms with E-state index in [-0.39, 0.29) is 36.4 Å². The van der Waals surface area contributed by atoms with Gasteiger partial charge in [-0.25, -0.2) is 0 Å². The lowest BCUT2D eigenvalue weighted by atomic mass is 9.78. The van der Waals surface area contributed by atoms with Gasteiger partial charge in [0, 0.05) is 13.1 Å². The summed E-state index contributed by atoms with van der Waals surface area (Å²) in [6.07, 6.45) is 4.38. The maximum atomic E-state index is 13.6. The summed E-state index contributed by atoms with van der Waals surface area (Å²) >= 11 is 12.2. The van der Waals surface area contributed by atoms with E-state index < -0.39 is 5.60 Å². The van der Waals surface area contributed by atoms with Crippen molar-refractivity contribution in [3.05, 3.63) is 33.8 Å². The molecule has 0 unspecified atom stereocenters. The van der Waals surface area contributed by atoms with Gasteiger partial charge >= 0.3 is 0 Å². The second kappa shape index (κ2) is 9.34. The summed E-state index contributed by atoms with van der Waals surface area (Å²) in [5, 5.41) is 11.7. The van der Waals surface area contributed by atoms with E-state index in [2.05, 4.69) is 4.90 Å². The van der Waals surface area contributed by atoms with Crippen molar-refractivity contribution in [2.45, 2.75) is 62.3 Å². The Morgan fingerprint density at radius 3 is 2.33 bits per heavy atom. The highest BCUT2D eigenvalue weighted by Gasteiger charge is 2.53. The van der Waals surface area contributed by atoms with Crippen LogP contribution < -0.4 is 0 Å². The standard InChI is InChI=1S/C24H31Cl2N3O4/c25-17-5-4-16(12-18(17)26)13-21(30)29-11-10-28(23(31)24(32)6-3-7-24)20-15-33-14-19(22(20)29)27-8-1-2-9-27/h4-5,12,19-20,22,32H,1-3,6-11,13-15H2/t19-,20+,22+/m0/s1. The number of ether oxygens (including phenoxy) is 1. The van der Waals surface area contributed by atoms with Crippen molar-refractivity contribution >= 4 is 35.0 Å². The number of amides is 2. The molecule has 3 aliphatic heterocycles. The number of hydrogen-bond acceptors (Lipinski definition) is 5. The van der Waals surface area contributed by atoms with Gasteiger partial charge in [-0.1, -0.05) is 29.3 Å². The van der Waals surface area contributed by atoms with E-state index in [1.54, 1.807) is 17.0 Å². The molecule has 4 fully saturated rings. The topological polar surface area (TPSA) is 73.3 Å². The first-order valence-electron chi connectivity index (χ1n) is 12.0. The molecule has 180 valence electrons. The van der Waals surface area contributed by atoms with Crippen molar-refractivity contribution in [2.24, 2.45) is 0 Å². The lowest BCUT2D eigenvalue weighted by molar-refractivity contribution is -0.180. The highest BCUT2D eigenvalue weighted by atomic mass is 35.5. The molecule has 1 N–H and O–H groups in total. The molecule has 0 aromatic heterocycles. The molecular formula is C24H31Cl2N3O4. The predicted octanol–water partition coefficient (Wildman–Crippen LogP) is 2.35. The van der Waals surface area contributed by atoms with Crippen LogP contribution in [0.15, 0.2) is 18.2 Å². The number of nitrogens with zero attached hydrogens (tertiary/aromatic N) is 3. The first kappa shape index (κ1) is 23.4. The lowest BCUT2D eigenvalue weighted by Crippen LogP contribution is -2.74. The molecule has 0 bridgehead atoms. The number of rotatable bonds is 4. The zero-order chi connectivity index (χ0) is 23.2. The number of hydrogen-bond donors (Lipinski definition) is 1. The fourth-order valence-corrected chi connectivity index (χ4v) is 6.16. The van der Waals surface area contributed by atoms with Crippen LogP contribution in [0.3, 0.4) is 0 Å². The van der Waals surface area contributed by atoms with Crippen molar-refractivity contribution < 1.29 is 19.4 Å². The molecule has 0 spiro atoms. The van der Waals surface area contributed by atoms with E-state index in [1.807, 2.05) is 11.0 Å². The van der Waals surface area contributed by atoms with E-state index in [1.165, 1.54) is 0 Å². The number of fused-ring (bicyclic) bond motifs is 1. The van der Waals surface area contributed by atoms with E-state index >= 15 is 0 Å². The van der Waals surface area contributed by atoms with Crippen molar-refractivity contribution in [3.8, 4) is 0 Å². The molecule has 1 aromatic rings. The lowest BCUT2D eigenvalue weighted by Gasteiger charge is -2.55. The van der Waals surface area contributed by atoms with Crippen LogP contribution in [0.4, 0.5) is 0 Å². The van der Waals surface area contributed by atoms with Crippen LogP contribution in [-0.4, -0.2) is 94.7 Å². The van der Waals surface area contributed by atoms with E-state index in [9.17, 15) is 14.7 Å². The van der Waals surface area contributed by atoms with Gasteiger partial charge in [-0.15, -0.1) is 0 Å². The molecule has 0 radical (unpaired) electrons. The molecule has 1 aromatic carbocycles. The third-order valence-corrected chi connectivity index (χ3v) is 8.56. The quantitative estimate of drug-likeness (QED) is 0.693. The van der Waals surface area contributed by atoms with Gasteiger partial charge in [0.05, 0.1) is 47.8 Å². The Labute approximate surface area is 204 Å². The first-order chi connectivity index (χ1) is 15.9. The number of piperazine rings is 1. The molecule has 3 saturated heterocycles. The monoisotopic (exact) mass is 495 g/mol. The highest BCUT2D eigenvalue weighted by Crippen LogP contribution is 2.37. The SMILES string of the molecule is O=C(Cc1ccc(Cl)c(Cl)c1)N1CCN(C(=O)C2(O)CCC2)[C@@H]2COC[C@H](N3CCCC3)[C@H]21. The van der Waals surface area contributed by atoms with Crippen LogP contribution in [0.25, 0.3) is 0 Å². The third-order valence-electron chi connectivity index (χ3n) is 7.82. The average Bonchev–Trinajstić information content (AvgIpc) is 3.33. The van der Waals surface area contributed by atoms with Gasteiger partial charge in [0.15, 0.2) is 0 Å². The van der Waals surface area contributed by atoms with E-state index in [0.717, 1.165) is 37.9 Å². The number of carbonyl (C=O) groups excluding carboxylic acids is 2. The number of carbonyl (C=O) groups is 2. The Morgan fingerprint density at radius 1 is 0.970 bits per heavy atom. The zero-order valence-corrected chi connectivity index (χ0v) is 20.2. The van der Waals surface area contributed by atoms with Crippen LogP contribution in [-0.2, 0) is 20.7 Å². The minimum absolute atomic E-state index is 0.0175. The third kappa shape index (κ3) is 4.39. The van der Waals surface area contributed by atoms with Gasteiger partial charge in [0.1, 0.15) is 5.60 Å². The molecule has 1 saturated carbocycles. The first-order valence-corrected chi connectivity index (χ1v) is 12.7. The molecule has 3 atom stereocenters. The maximum absolute atomic E-state index is 13.6. The number of aliphatic hydroxyl groups is 1. The summed E-state index contributed by atoms with van der Waals surface area (Å²) in [4.78, 5) is 33.0. The van der Waals surface area contributed by atoms with E-state index in [4.69, 9.17) is 27.9 Å². The van der Waals surface area contributed by atoms with Gasteiger partial charge in [-0.2, -0.15) is 0 Å². The molecule has 7 nitrogen and oxygen atoms in total. The summed E-state index contributed by atoms with van der Waals surface area (Å²) in [6.45, 7) is 3.74. The fourth-order valence-electron chi connectivity index (χ4n) is 5.84. The number of benzene rings is 1. The van der Waals surface area contributed by atoms with Crippen LogP contribution in [0.1, 0.15) is 37.7 Å². The fraction of sp³-hybridized carbons (Fsp3) is 0.667. The van der Waals surface area contributed by atoms with Crippen LogP contribution in [0.2, 0.25) is 10.0 Å². The van der Waals surface area contributed by atoms with Crippen LogP contribution in [0, 0.1) is 0 Å². The van der Waals surface area contributed by atoms with Crippen LogP contribution in [0.5, 0.6) is 0 Å². The summed E-state index contributed by atoms with van der Waals surface area (Å²) in [5.41, 5.74) is -0.435. The predicted molar refractivity (Wildman–Crippen MR) is 125 cm³/mol. The zero-order valence-electron chi connectivity index (χ0n) is 18.7. The van der Waals surface area contributed by atoms with E-state index in [0.29, 0.717) is 49.2 Å². The van der Waals surface area contributed by atoms with Crippen molar-refractivity contribution in [1.82, 2.24) is 14.7 Å². The van der Waals surface area contributed by atoms with Crippen LogP contribution >= 0.6 is 23.2 Å². The van der Waals surface area contributed by atoms with Crippen molar-refractivity contribution in [1.29, 1.82) is 0 Å². The number of halogens is 2. The van der Waals surface area contributed by atoms with Gasteiger partial charge < -0.3 is 19.6 Å². The smallest absolute Gasteiger partial charge is 0.254 e. The minimum Gasteiger partial charge on any atom is -0.380 e. The molecular weight excluding hydrogens is 465 g/mol. The second-order valence-electron chi connectivity index (χ2n) is 9.80. The summed E-state index contributed by atoms with van der Waals surface area (Å²) in [6, 6.07) is 4.91. The van der Waals surface area contributed by atoms with Gasteiger partial charge in [-0.05, 0) is 62.9 Å². The molecule has 9 heteroatoms. The average molecular weight is 496 g/mol.